The first-order valence-corrected chi connectivity index (χ1v) is 7.52. The number of nitrogens with zero attached hydrogens (tertiary/aromatic N) is 1. The molecule has 0 aromatic carbocycles. The topological polar surface area (TPSA) is 32.3 Å². The minimum atomic E-state index is -0.0851. The highest BCUT2D eigenvalue weighted by atomic mass is 35.5. The second-order valence-corrected chi connectivity index (χ2v) is 6.52. The van der Waals surface area contributed by atoms with Gasteiger partial charge in [0, 0.05) is 24.0 Å². The molecular weight excluding hydrogens is 268 g/mol. The maximum absolute atomic E-state index is 12.4. The molecule has 1 aromatic heterocycles. The van der Waals surface area contributed by atoms with E-state index in [2.05, 4.69) is 5.32 Å². The van der Waals surface area contributed by atoms with Gasteiger partial charge in [-0.1, -0.05) is 11.6 Å². The summed E-state index contributed by atoms with van der Waals surface area (Å²) < 4.78 is 0.747. The third kappa shape index (κ3) is 3.05. The highest BCUT2D eigenvalue weighted by molar-refractivity contribution is 7.16. The van der Waals surface area contributed by atoms with Crippen molar-refractivity contribution >= 4 is 28.8 Å². The molecule has 100 valence electrons. The van der Waals surface area contributed by atoms with Crippen molar-refractivity contribution in [3.63, 3.8) is 0 Å². The van der Waals surface area contributed by atoms with Crippen molar-refractivity contribution < 1.29 is 4.79 Å². The van der Waals surface area contributed by atoms with Gasteiger partial charge in [-0.2, -0.15) is 0 Å². The van der Waals surface area contributed by atoms with Gasteiger partial charge in [0.05, 0.1) is 10.3 Å². The fourth-order valence-electron chi connectivity index (χ4n) is 2.37. The Morgan fingerprint density at radius 1 is 1.61 bits per heavy atom. The minimum absolute atomic E-state index is 0.0851. The number of likely N-dealkylation sites (tertiary alicyclic amines) is 1. The summed E-state index contributed by atoms with van der Waals surface area (Å²) in [6, 6.07) is 4.24. The van der Waals surface area contributed by atoms with Crippen LogP contribution in [0.15, 0.2) is 12.1 Å². The van der Waals surface area contributed by atoms with Gasteiger partial charge in [-0.05, 0) is 38.9 Å². The van der Waals surface area contributed by atoms with Crippen molar-refractivity contribution in [2.45, 2.75) is 31.7 Å². The van der Waals surface area contributed by atoms with Crippen molar-refractivity contribution in [2.24, 2.45) is 0 Å². The number of piperidine rings is 1. The summed E-state index contributed by atoms with van der Waals surface area (Å²) in [5.41, 5.74) is 0. The van der Waals surface area contributed by atoms with Crippen LogP contribution >= 0.6 is 22.9 Å². The Kier molecular flexibility index (Phi) is 4.65. The summed E-state index contributed by atoms with van der Waals surface area (Å²) >= 11 is 7.42. The predicted molar refractivity (Wildman–Crippen MR) is 76.4 cm³/mol. The van der Waals surface area contributed by atoms with Crippen LogP contribution in [0, 0.1) is 0 Å². The molecule has 1 amide bonds. The van der Waals surface area contributed by atoms with E-state index in [-0.39, 0.29) is 11.8 Å². The molecule has 0 spiro atoms. The number of nitrogens with one attached hydrogen (secondary N) is 1. The first-order chi connectivity index (χ1) is 8.61. The van der Waals surface area contributed by atoms with E-state index in [9.17, 15) is 4.79 Å². The van der Waals surface area contributed by atoms with E-state index >= 15 is 0 Å². The van der Waals surface area contributed by atoms with Gasteiger partial charge in [0.15, 0.2) is 0 Å². The predicted octanol–water partition coefficient (Wildman–Crippen LogP) is 2.72. The van der Waals surface area contributed by atoms with Crippen LogP contribution in [-0.2, 0) is 4.79 Å². The van der Waals surface area contributed by atoms with Crippen LogP contribution in [0.4, 0.5) is 0 Å². The Labute approximate surface area is 117 Å². The largest absolute Gasteiger partial charge is 0.341 e. The molecule has 2 atom stereocenters. The third-order valence-electron chi connectivity index (χ3n) is 3.53. The Balaban J connectivity index is 2.02. The zero-order valence-electron chi connectivity index (χ0n) is 10.8. The second-order valence-electron chi connectivity index (χ2n) is 4.78. The van der Waals surface area contributed by atoms with Gasteiger partial charge in [-0.3, -0.25) is 4.79 Å². The molecule has 3 nitrogen and oxygen atoms in total. The van der Waals surface area contributed by atoms with Gasteiger partial charge in [0.25, 0.3) is 0 Å². The number of hydrogen-bond donors (Lipinski definition) is 1. The van der Waals surface area contributed by atoms with Gasteiger partial charge in [-0.15, -0.1) is 11.3 Å². The number of carbonyl (C=O) groups excluding carboxylic acids is 1. The summed E-state index contributed by atoms with van der Waals surface area (Å²) in [4.78, 5) is 15.5. The number of likely N-dealkylation sites (N-methyl/N-ethyl adjacent to an activating group) is 1. The van der Waals surface area contributed by atoms with Crippen molar-refractivity contribution in [3.8, 4) is 0 Å². The Hall–Kier alpha value is -0.580. The maximum atomic E-state index is 12.4. The number of thiophene rings is 1. The fraction of sp³-hybridized carbons (Fsp3) is 0.615. The van der Waals surface area contributed by atoms with Crippen LogP contribution in [0.1, 0.15) is 30.6 Å². The lowest BCUT2D eigenvalue weighted by Gasteiger charge is -2.34. The Morgan fingerprint density at radius 3 is 3.00 bits per heavy atom. The molecule has 18 heavy (non-hydrogen) atoms. The van der Waals surface area contributed by atoms with E-state index in [1.165, 1.54) is 11.3 Å². The van der Waals surface area contributed by atoms with Crippen molar-refractivity contribution in [3.05, 3.63) is 21.3 Å². The van der Waals surface area contributed by atoms with Crippen LogP contribution in [0.2, 0.25) is 4.34 Å². The molecule has 0 saturated carbocycles. The average molecular weight is 287 g/mol. The Bertz CT molecular complexity index is 421. The lowest BCUT2D eigenvalue weighted by molar-refractivity contribution is -0.133. The number of halogens is 1. The molecule has 1 aromatic rings. The van der Waals surface area contributed by atoms with E-state index in [0.29, 0.717) is 6.04 Å². The summed E-state index contributed by atoms with van der Waals surface area (Å²) in [6.45, 7) is 3.66. The normalized spacial score (nSPS) is 21.9. The summed E-state index contributed by atoms with van der Waals surface area (Å²) in [6.07, 6.45) is 2.23. The van der Waals surface area contributed by atoms with Crippen LogP contribution in [0.5, 0.6) is 0 Å². The highest BCUT2D eigenvalue weighted by Gasteiger charge is 2.27. The SMILES string of the molecule is CNC1CCCN(C(=O)C(C)c2ccc(Cl)s2)C1. The maximum Gasteiger partial charge on any atom is 0.230 e. The van der Waals surface area contributed by atoms with Crippen LogP contribution in [0.25, 0.3) is 0 Å². The number of amides is 1. The van der Waals surface area contributed by atoms with Gasteiger partial charge in [0.1, 0.15) is 0 Å². The van der Waals surface area contributed by atoms with Crippen LogP contribution in [0.3, 0.4) is 0 Å². The van der Waals surface area contributed by atoms with E-state index in [4.69, 9.17) is 11.6 Å². The monoisotopic (exact) mass is 286 g/mol. The average Bonchev–Trinajstić information content (AvgIpc) is 2.83. The van der Waals surface area contributed by atoms with Crippen molar-refractivity contribution in [1.29, 1.82) is 0 Å². The molecule has 2 unspecified atom stereocenters. The summed E-state index contributed by atoms with van der Waals surface area (Å²) in [5, 5.41) is 3.26. The quantitative estimate of drug-likeness (QED) is 0.927. The molecule has 0 aliphatic carbocycles. The smallest absolute Gasteiger partial charge is 0.230 e. The van der Waals surface area contributed by atoms with Crippen LogP contribution in [-0.4, -0.2) is 37.0 Å². The van der Waals surface area contributed by atoms with Gasteiger partial charge in [-0.25, -0.2) is 0 Å². The molecule has 1 aliphatic rings. The number of hydrogen-bond acceptors (Lipinski definition) is 3. The summed E-state index contributed by atoms with van der Waals surface area (Å²) in [7, 11) is 1.96. The first-order valence-electron chi connectivity index (χ1n) is 6.33. The van der Waals surface area contributed by atoms with E-state index in [0.717, 1.165) is 35.1 Å². The van der Waals surface area contributed by atoms with E-state index < -0.39 is 0 Å². The second kappa shape index (κ2) is 6.04. The van der Waals surface area contributed by atoms with E-state index in [1.807, 2.05) is 31.0 Å². The number of rotatable bonds is 3. The minimum Gasteiger partial charge on any atom is -0.341 e. The first kappa shape index (κ1) is 13.8. The molecular formula is C13H19ClN2OS. The van der Waals surface area contributed by atoms with Crippen LogP contribution < -0.4 is 5.32 Å². The van der Waals surface area contributed by atoms with Crippen molar-refractivity contribution in [2.75, 3.05) is 20.1 Å². The van der Waals surface area contributed by atoms with Gasteiger partial charge < -0.3 is 10.2 Å². The summed E-state index contributed by atoms with van der Waals surface area (Å²) in [5.74, 6) is 0.131. The molecule has 1 fully saturated rings. The lowest BCUT2D eigenvalue weighted by Crippen LogP contribution is -2.48. The molecule has 0 bridgehead atoms. The molecule has 2 heterocycles. The van der Waals surface area contributed by atoms with Gasteiger partial charge >= 0.3 is 0 Å². The molecule has 5 heteroatoms. The highest BCUT2D eigenvalue weighted by Crippen LogP contribution is 2.29. The Morgan fingerprint density at radius 2 is 2.39 bits per heavy atom. The number of carbonyl (C=O) groups is 1. The molecule has 2 rings (SSSR count). The van der Waals surface area contributed by atoms with E-state index in [1.54, 1.807) is 0 Å². The molecule has 1 N–H and O–H groups in total. The van der Waals surface area contributed by atoms with Gasteiger partial charge in [0.2, 0.25) is 5.91 Å². The molecule has 1 aliphatic heterocycles. The zero-order valence-corrected chi connectivity index (χ0v) is 12.4. The fourth-order valence-corrected chi connectivity index (χ4v) is 3.47. The zero-order chi connectivity index (χ0) is 13.1. The standard InChI is InChI=1S/C13H19ClN2OS/c1-9(11-5-6-12(14)18-11)13(17)16-7-3-4-10(8-16)15-2/h5-6,9-10,15H,3-4,7-8H2,1-2H3. The lowest BCUT2D eigenvalue weighted by atomic mass is 10.0. The molecule has 1 saturated heterocycles. The van der Waals surface area contributed by atoms with Crippen molar-refractivity contribution in [1.82, 2.24) is 10.2 Å². The third-order valence-corrected chi connectivity index (χ3v) is 4.95. The molecule has 0 radical (unpaired) electrons.